The average molecular weight is 284 g/mol. The van der Waals surface area contributed by atoms with Crippen molar-refractivity contribution >= 4 is 11.7 Å². The van der Waals surface area contributed by atoms with Crippen LogP contribution in [0.4, 0.5) is 5.82 Å². The highest BCUT2D eigenvalue weighted by molar-refractivity contribution is 5.98. The molecule has 0 aliphatic rings. The van der Waals surface area contributed by atoms with Crippen molar-refractivity contribution in [3.8, 4) is 0 Å². The number of aromatic nitrogens is 2. The summed E-state index contributed by atoms with van der Waals surface area (Å²) < 4.78 is 0. The van der Waals surface area contributed by atoms with E-state index in [0.717, 1.165) is 12.0 Å². The van der Waals surface area contributed by atoms with Gasteiger partial charge < -0.3 is 10.2 Å². The first-order chi connectivity index (χ1) is 10.2. The summed E-state index contributed by atoms with van der Waals surface area (Å²) in [5.74, 6) is 0.540. The fraction of sp³-hybridized carbons (Fsp3) is 0.312. The molecule has 0 aromatic carbocycles. The molecule has 5 nitrogen and oxygen atoms in total. The molecule has 2 rings (SSSR count). The van der Waals surface area contributed by atoms with Crippen LogP contribution in [0, 0.1) is 0 Å². The van der Waals surface area contributed by atoms with Crippen LogP contribution in [0.15, 0.2) is 42.9 Å². The van der Waals surface area contributed by atoms with Crippen LogP contribution in [0.3, 0.4) is 0 Å². The van der Waals surface area contributed by atoms with Crippen LogP contribution in [0.5, 0.6) is 0 Å². The van der Waals surface area contributed by atoms with Crippen LogP contribution in [0.1, 0.15) is 35.3 Å². The SMILES string of the molecule is CC[C@@H](c1cccnc1)N(C)C(=O)c1cccnc1NC. The zero-order valence-electron chi connectivity index (χ0n) is 12.6. The number of carbonyl (C=O) groups is 1. The van der Waals surface area contributed by atoms with Gasteiger partial charge in [0.25, 0.3) is 5.91 Å². The minimum Gasteiger partial charge on any atom is -0.372 e. The van der Waals surface area contributed by atoms with Gasteiger partial charge in [-0.1, -0.05) is 13.0 Å². The lowest BCUT2D eigenvalue weighted by Crippen LogP contribution is -2.31. The monoisotopic (exact) mass is 284 g/mol. The zero-order valence-corrected chi connectivity index (χ0v) is 12.6. The van der Waals surface area contributed by atoms with Gasteiger partial charge in [0, 0.05) is 32.7 Å². The number of amides is 1. The molecule has 0 saturated heterocycles. The third-order valence-electron chi connectivity index (χ3n) is 3.52. The van der Waals surface area contributed by atoms with Gasteiger partial charge in [0.1, 0.15) is 5.82 Å². The van der Waals surface area contributed by atoms with Crippen molar-refractivity contribution in [1.82, 2.24) is 14.9 Å². The number of anilines is 1. The summed E-state index contributed by atoms with van der Waals surface area (Å²) in [6.45, 7) is 2.06. The topological polar surface area (TPSA) is 58.1 Å². The molecule has 2 heterocycles. The Bertz CT molecular complexity index is 600. The van der Waals surface area contributed by atoms with Crippen LogP contribution in [-0.4, -0.2) is 34.9 Å². The van der Waals surface area contributed by atoms with Crippen molar-refractivity contribution in [3.63, 3.8) is 0 Å². The molecule has 0 bridgehead atoms. The summed E-state index contributed by atoms with van der Waals surface area (Å²) in [6, 6.07) is 7.43. The van der Waals surface area contributed by atoms with E-state index < -0.39 is 0 Å². The number of hydrogen-bond donors (Lipinski definition) is 1. The van der Waals surface area contributed by atoms with Gasteiger partial charge >= 0.3 is 0 Å². The molecule has 2 aromatic rings. The highest BCUT2D eigenvalue weighted by Gasteiger charge is 2.23. The molecule has 5 heteroatoms. The molecule has 0 aliphatic heterocycles. The van der Waals surface area contributed by atoms with E-state index in [1.807, 2.05) is 19.2 Å². The summed E-state index contributed by atoms with van der Waals surface area (Å²) in [6.07, 6.45) is 6.03. The van der Waals surface area contributed by atoms with E-state index >= 15 is 0 Å². The van der Waals surface area contributed by atoms with Crippen molar-refractivity contribution < 1.29 is 4.79 Å². The lowest BCUT2D eigenvalue weighted by Gasteiger charge is -2.28. The van der Waals surface area contributed by atoms with Gasteiger partial charge in [-0.05, 0) is 30.2 Å². The maximum absolute atomic E-state index is 12.7. The van der Waals surface area contributed by atoms with E-state index in [-0.39, 0.29) is 11.9 Å². The first-order valence-corrected chi connectivity index (χ1v) is 6.98. The van der Waals surface area contributed by atoms with E-state index in [1.54, 1.807) is 42.7 Å². The van der Waals surface area contributed by atoms with Gasteiger partial charge in [-0.2, -0.15) is 0 Å². The van der Waals surface area contributed by atoms with Crippen LogP contribution in [-0.2, 0) is 0 Å². The van der Waals surface area contributed by atoms with Crippen molar-refractivity contribution in [1.29, 1.82) is 0 Å². The van der Waals surface area contributed by atoms with Crippen molar-refractivity contribution in [3.05, 3.63) is 54.0 Å². The van der Waals surface area contributed by atoms with Crippen molar-refractivity contribution in [2.75, 3.05) is 19.4 Å². The van der Waals surface area contributed by atoms with E-state index in [0.29, 0.717) is 11.4 Å². The molecule has 1 amide bonds. The predicted octanol–water partition coefficient (Wildman–Crippen LogP) is 2.74. The largest absolute Gasteiger partial charge is 0.372 e. The normalized spacial score (nSPS) is 11.8. The van der Waals surface area contributed by atoms with E-state index in [1.165, 1.54) is 0 Å². The molecule has 0 radical (unpaired) electrons. The van der Waals surface area contributed by atoms with Crippen LogP contribution in [0.2, 0.25) is 0 Å². The van der Waals surface area contributed by atoms with Gasteiger partial charge in [-0.25, -0.2) is 4.98 Å². The second-order valence-corrected chi connectivity index (χ2v) is 4.78. The quantitative estimate of drug-likeness (QED) is 0.917. The van der Waals surface area contributed by atoms with Gasteiger partial charge in [-0.3, -0.25) is 9.78 Å². The Morgan fingerprint density at radius 1 is 1.33 bits per heavy atom. The molecule has 0 saturated carbocycles. The summed E-state index contributed by atoms with van der Waals surface area (Å²) in [5.41, 5.74) is 1.61. The molecule has 1 N–H and O–H groups in total. The number of pyridine rings is 2. The minimum absolute atomic E-state index is 0.00360. The standard InChI is InChI=1S/C16H20N4O/c1-4-14(12-7-5-9-18-11-12)20(3)16(21)13-8-6-10-19-15(13)17-2/h5-11,14H,4H2,1-3H3,(H,17,19)/t14-/m0/s1. The first-order valence-electron chi connectivity index (χ1n) is 6.98. The average Bonchev–Trinajstić information content (AvgIpc) is 2.55. The summed E-state index contributed by atoms with van der Waals surface area (Å²) in [7, 11) is 3.58. The molecule has 1 atom stereocenters. The highest BCUT2D eigenvalue weighted by Crippen LogP contribution is 2.25. The molecule has 2 aromatic heterocycles. The molecule has 0 spiro atoms. The van der Waals surface area contributed by atoms with Gasteiger partial charge in [0.05, 0.1) is 11.6 Å². The second kappa shape index (κ2) is 6.83. The number of rotatable bonds is 5. The molecule has 21 heavy (non-hydrogen) atoms. The third kappa shape index (κ3) is 3.18. The summed E-state index contributed by atoms with van der Waals surface area (Å²) in [4.78, 5) is 22.8. The van der Waals surface area contributed by atoms with E-state index in [2.05, 4.69) is 22.2 Å². The van der Waals surface area contributed by atoms with Gasteiger partial charge in [-0.15, -0.1) is 0 Å². The molecular weight excluding hydrogens is 264 g/mol. The summed E-state index contributed by atoms with van der Waals surface area (Å²) in [5, 5.41) is 2.96. The molecular formula is C16H20N4O. The van der Waals surface area contributed by atoms with Crippen LogP contribution < -0.4 is 5.32 Å². The zero-order chi connectivity index (χ0) is 15.2. The fourth-order valence-electron chi connectivity index (χ4n) is 2.41. The maximum atomic E-state index is 12.7. The third-order valence-corrected chi connectivity index (χ3v) is 3.52. The second-order valence-electron chi connectivity index (χ2n) is 4.78. The molecule has 0 fully saturated rings. The molecule has 0 unspecified atom stereocenters. The van der Waals surface area contributed by atoms with Crippen LogP contribution >= 0.6 is 0 Å². The lowest BCUT2D eigenvalue weighted by molar-refractivity contribution is 0.0726. The Morgan fingerprint density at radius 2 is 2.10 bits per heavy atom. The van der Waals surface area contributed by atoms with Gasteiger partial charge in [0.2, 0.25) is 0 Å². The van der Waals surface area contributed by atoms with E-state index in [9.17, 15) is 4.79 Å². The Labute approximate surface area is 125 Å². The van der Waals surface area contributed by atoms with Gasteiger partial charge in [0.15, 0.2) is 0 Å². The number of nitrogens with one attached hydrogen (secondary N) is 1. The number of nitrogens with zero attached hydrogens (tertiary/aromatic N) is 3. The van der Waals surface area contributed by atoms with Crippen molar-refractivity contribution in [2.24, 2.45) is 0 Å². The number of carbonyl (C=O) groups excluding carboxylic acids is 1. The Morgan fingerprint density at radius 3 is 2.71 bits per heavy atom. The lowest BCUT2D eigenvalue weighted by atomic mass is 10.0. The summed E-state index contributed by atoms with van der Waals surface area (Å²) >= 11 is 0. The number of hydrogen-bond acceptors (Lipinski definition) is 4. The van der Waals surface area contributed by atoms with Crippen LogP contribution in [0.25, 0.3) is 0 Å². The fourth-order valence-corrected chi connectivity index (χ4v) is 2.41. The smallest absolute Gasteiger partial charge is 0.257 e. The Hall–Kier alpha value is -2.43. The molecule has 110 valence electrons. The van der Waals surface area contributed by atoms with Crippen molar-refractivity contribution in [2.45, 2.75) is 19.4 Å². The Balaban J connectivity index is 2.29. The maximum Gasteiger partial charge on any atom is 0.257 e. The predicted molar refractivity (Wildman–Crippen MR) is 83.1 cm³/mol. The Kier molecular flexibility index (Phi) is 4.87. The minimum atomic E-state index is -0.0526. The first kappa shape index (κ1) is 15.0. The molecule has 0 aliphatic carbocycles. The van der Waals surface area contributed by atoms with E-state index in [4.69, 9.17) is 0 Å². The highest BCUT2D eigenvalue weighted by atomic mass is 16.2.